The highest BCUT2D eigenvalue weighted by Crippen LogP contribution is 2.27. The largest absolute Gasteiger partial charge is 0.489 e. The number of rotatable bonds is 6. The van der Waals surface area contributed by atoms with Gasteiger partial charge in [0.15, 0.2) is 0 Å². The monoisotopic (exact) mass is 490 g/mol. The van der Waals surface area contributed by atoms with Crippen molar-refractivity contribution in [2.24, 2.45) is 0 Å². The van der Waals surface area contributed by atoms with E-state index in [-0.39, 0.29) is 23.4 Å². The molecule has 8 nitrogen and oxygen atoms in total. The topological polar surface area (TPSA) is 113 Å². The van der Waals surface area contributed by atoms with E-state index in [4.69, 9.17) is 21.4 Å². The molecule has 0 spiro atoms. The van der Waals surface area contributed by atoms with Crippen molar-refractivity contribution < 1.29 is 29.0 Å². The summed E-state index contributed by atoms with van der Waals surface area (Å²) in [7, 11) is 0. The number of halogens is 1. The molecule has 176 valence electrons. The Labute approximate surface area is 205 Å². The Balaban J connectivity index is 1.54. The molecule has 1 heterocycles. The van der Waals surface area contributed by atoms with Crippen LogP contribution in [0.1, 0.15) is 27.0 Å². The zero-order valence-electron chi connectivity index (χ0n) is 18.4. The Hall–Kier alpha value is -4.43. The van der Waals surface area contributed by atoms with Gasteiger partial charge in [0.1, 0.15) is 17.9 Å². The van der Waals surface area contributed by atoms with E-state index < -0.39 is 23.8 Å². The average molecular weight is 491 g/mol. The Bertz CT molecular complexity index is 1380. The average Bonchev–Trinajstić information content (AvgIpc) is 2.83. The predicted octanol–water partition coefficient (Wildman–Crippen LogP) is 4.59. The molecular weight excluding hydrogens is 472 g/mol. The molecule has 1 saturated heterocycles. The molecule has 0 atom stereocenters. The van der Waals surface area contributed by atoms with Crippen molar-refractivity contribution in [3.63, 3.8) is 0 Å². The summed E-state index contributed by atoms with van der Waals surface area (Å²) >= 11 is 6.15. The van der Waals surface area contributed by atoms with Crippen molar-refractivity contribution >= 4 is 47.2 Å². The number of ether oxygens (including phenoxy) is 1. The zero-order valence-corrected chi connectivity index (χ0v) is 19.2. The maximum absolute atomic E-state index is 13.1. The SMILES string of the molecule is Cc1ccc(N2C(=O)NC(=O)/C(=C/c3cccc(OCc4ccc(C(=O)O)cc4)c3)C2=O)cc1Cl. The molecule has 0 radical (unpaired) electrons. The van der Waals surface area contributed by atoms with Crippen LogP contribution in [0.4, 0.5) is 10.5 Å². The van der Waals surface area contributed by atoms with Gasteiger partial charge in [-0.3, -0.25) is 14.9 Å². The molecule has 0 bridgehead atoms. The summed E-state index contributed by atoms with van der Waals surface area (Å²) in [6.07, 6.45) is 1.38. The molecule has 3 aromatic carbocycles. The van der Waals surface area contributed by atoms with E-state index in [9.17, 15) is 19.2 Å². The van der Waals surface area contributed by atoms with Gasteiger partial charge in [-0.1, -0.05) is 41.9 Å². The van der Waals surface area contributed by atoms with E-state index in [0.717, 1.165) is 16.0 Å². The lowest BCUT2D eigenvalue weighted by molar-refractivity contribution is -0.122. The molecule has 0 aliphatic carbocycles. The van der Waals surface area contributed by atoms with E-state index in [1.807, 2.05) is 0 Å². The van der Waals surface area contributed by atoms with Crippen LogP contribution in [0, 0.1) is 6.92 Å². The van der Waals surface area contributed by atoms with Gasteiger partial charge in [-0.05, 0) is 66.1 Å². The van der Waals surface area contributed by atoms with Crippen LogP contribution in [0.5, 0.6) is 5.75 Å². The second-order valence-electron chi connectivity index (χ2n) is 7.75. The lowest BCUT2D eigenvalue weighted by Gasteiger charge is -2.26. The molecule has 2 N–H and O–H groups in total. The first kappa shape index (κ1) is 23.7. The van der Waals surface area contributed by atoms with E-state index in [1.165, 1.54) is 24.3 Å². The van der Waals surface area contributed by atoms with Crippen LogP contribution in [0.3, 0.4) is 0 Å². The molecule has 4 rings (SSSR count). The lowest BCUT2D eigenvalue weighted by atomic mass is 10.1. The Morgan fingerprint density at radius 1 is 1.06 bits per heavy atom. The molecule has 0 unspecified atom stereocenters. The Morgan fingerprint density at radius 2 is 1.80 bits per heavy atom. The molecular formula is C26H19ClN2O6. The first-order chi connectivity index (χ1) is 16.7. The first-order valence-electron chi connectivity index (χ1n) is 10.5. The van der Waals surface area contributed by atoms with Crippen LogP contribution < -0.4 is 15.0 Å². The number of carbonyl (C=O) groups excluding carboxylic acids is 3. The van der Waals surface area contributed by atoms with Gasteiger partial charge in [0, 0.05) is 5.02 Å². The van der Waals surface area contributed by atoms with E-state index >= 15 is 0 Å². The van der Waals surface area contributed by atoms with Crippen LogP contribution in [-0.4, -0.2) is 28.9 Å². The summed E-state index contributed by atoms with van der Waals surface area (Å²) in [5.74, 6) is -2.11. The van der Waals surface area contributed by atoms with Gasteiger partial charge in [0.05, 0.1) is 11.3 Å². The number of nitrogens with one attached hydrogen (secondary N) is 1. The van der Waals surface area contributed by atoms with Crippen LogP contribution in [0.2, 0.25) is 5.02 Å². The number of anilines is 1. The molecule has 1 aliphatic rings. The van der Waals surface area contributed by atoms with Gasteiger partial charge in [-0.25, -0.2) is 14.5 Å². The van der Waals surface area contributed by atoms with Crippen molar-refractivity contribution in [1.82, 2.24) is 5.32 Å². The van der Waals surface area contributed by atoms with Gasteiger partial charge in [-0.15, -0.1) is 0 Å². The normalized spacial score (nSPS) is 14.7. The zero-order chi connectivity index (χ0) is 25.1. The number of imide groups is 2. The Morgan fingerprint density at radius 3 is 2.49 bits per heavy atom. The van der Waals surface area contributed by atoms with E-state index in [0.29, 0.717) is 16.3 Å². The molecule has 1 fully saturated rings. The molecule has 9 heteroatoms. The number of hydrogen-bond donors (Lipinski definition) is 2. The van der Waals surface area contributed by atoms with Crippen LogP contribution >= 0.6 is 11.6 Å². The number of barbiturate groups is 1. The maximum atomic E-state index is 13.1. The summed E-state index contributed by atoms with van der Waals surface area (Å²) < 4.78 is 5.77. The molecule has 35 heavy (non-hydrogen) atoms. The lowest BCUT2D eigenvalue weighted by Crippen LogP contribution is -2.54. The summed E-state index contributed by atoms with van der Waals surface area (Å²) in [5.41, 5.74) is 2.26. The molecule has 1 aliphatic heterocycles. The van der Waals surface area contributed by atoms with Crippen molar-refractivity contribution in [3.8, 4) is 5.75 Å². The van der Waals surface area contributed by atoms with Gasteiger partial charge in [0.2, 0.25) is 0 Å². The predicted molar refractivity (Wildman–Crippen MR) is 129 cm³/mol. The van der Waals surface area contributed by atoms with Crippen molar-refractivity contribution in [1.29, 1.82) is 0 Å². The molecule has 4 amide bonds. The number of benzene rings is 3. The standard InChI is InChI=1S/C26H19ClN2O6/c1-15-5-10-19(13-22(15)27)29-24(31)21(23(30)28-26(29)34)12-17-3-2-4-20(11-17)35-14-16-6-8-18(9-7-16)25(32)33/h2-13H,14H2,1H3,(H,32,33)(H,28,30,34)/b21-12-. The number of aromatic carboxylic acids is 1. The van der Waals surface area contributed by atoms with Crippen LogP contribution in [0.15, 0.2) is 72.3 Å². The van der Waals surface area contributed by atoms with Crippen LogP contribution in [-0.2, 0) is 16.2 Å². The fourth-order valence-electron chi connectivity index (χ4n) is 3.38. The highest BCUT2D eigenvalue weighted by Gasteiger charge is 2.37. The fraction of sp³-hybridized carbons (Fsp3) is 0.0769. The second-order valence-corrected chi connectivity index (χ2v) is 8.16. The summed E-state index contributed by atoms with van der Waals surface area (Å²) in [6.45, 7) is 1.98. The van der Waals surface area contributed by atoms with Gasteiger partial charge >= 0.3 is 12.0 Å². The molecule has 0 aromatic heterocycles. The number of urea groups is 1. The second kappa shape index (κ2) is 9.82. The van der Waals surface area contributed by atoms with Gasteiger partial charge < -0.3 is 9.84 Å². The third kappa shape index (κ3) is 5.23. The summed E-state index contributed by atoms with van der Waals surface area (Å²) in [4.78, 5) is 49.7. The third-order valence-electron chi connectivity index (χ3n) is 5.29. The number of aryl methyl sites for hydroxylation is 1. The van der Waals surface area contributed by atoms with Gasteiger partial charge in [0.25, 0.3) is 11.8 Å². The minimum absolute atomic E-state index is 0.179. The molecule has 3 aromatic rings. The highest BCUT2D eigenvalue weighted by atomic mass is 35.5. The number of carbonyl (C=O) groups is 4. The number of carboxylic acids is 1. The number of nitrogens with zero attached hydrogens (tertiary/aromatic N) is 1. The first-order valence-corrected chi connectivity index (χ1v) is 10.8. The third-order valence-corrected chi connectivity index (χ3v) is 5.70. The quantitative estimate of drug-likeness (QED) is 0.386. The smallest absolute Gasteiger partial charge is 0.335 e. The maximum Gasteiger partial charge on any atom is 0.335 e. The minimum atomic E-state index is -1.01. The number of amides is 4. The fourth-order valence-corrected chi connectivity index (χ4v) is 3.56. The molecule has 0 saturated carbocycles. The van der Waals surface area contributed by atoms with Crippen molar-refractivity contribution in [3.05, 3.63) is 99.6 Å². The van der Waals surface area contributed by atoms with E-state index in [1.54, 1.807) is 55.5 Å². The number of hydrogen-bond acceptors (Lipinski definition) is 5. The van der Waals surface area contributed by atoms with E-state index in [2.05, 4.69) is 5.32 Å². The highest BCUT2D eigenvalue weighted by molar-refractivity contribution is 6.39. The van der Waals surface area contributed by atoms with Crippen LogP contribution in [0.25, 0.3) is 6.08 Å². The minimum Gasteiger partial charge on any atom is -0.489 e. The summed E-state index contributed by atoms with van der Waals surface area (Å²) in [6, 6.07) is 16.9. The summed E-state index contributed by atoms with van der Waals surface area (Å²) in [5, 5.41) is 11.5. The number of carboxylic acid groups (broad SMARTS) is 1. The van der Waals surface area contributed by atoms with Crippen molar-refractivity contribution in [2.75, 3.05) is 4.90 Å². The Kier molecular flexibility index (Phi) is 6.66. The van der Waals surface area contributed by atoms with Gasteiger partial charge in [-0.2, -0.15) is 0 Å². The van der Waals surface area contributed by atoms with Crippen molar-refractivity contribution in [2.45, 2.75) is 13.5 Å².